The number of rotatable bonds is 3. The number of hydrogen-bond acceptors (Lipinski definition) is 3. The number of carbonyl (C=O) groups excluding carboxylic acids is 2. The van der Waals surface area contributed by atoms with Crippen LogP contribution in [-0.4, -0.2) is 37.3 Å². The van der Waals surface area contributed by atoms with Gasteiger partial charge in [-0.05, 0) is 31.0 Å². The summed E-state index contributed by atoms with van der Waals surface area (Å²) >= 11 is 0. The SMILES string of the molecule is COc1cccc(C(=O)N2CCCC(C=O)C2)c1. The van der Waals surface area contributed by atoms with Crippen molar-refractivity contribution in [2.75, 3.05) is 20.2 Å². The molecule has 0 aromatic heterocycles. The summed E-state index contributed by atoms with van der Waals surface area (Å²) in [5, 5.41) is 0. The van der Waals surface area contributed by atoms with Crippen molar-refractivity contribution >= 4 is 12.2 Å². The number of aldehydes is 1. The van der Waals surface area contributed by atoms with Crippen LogP contribution in [0.3, 0.4) is 0 Å². The van der Waals surface area contributed by atoms with Crippen LogP contribution >= 0.6 is 0 Å². The topological polar surface area (TPSA) is 46.6 Å². The number of hydrogen-bond donors (Lipinski definition) is 0. The average Bonchev–Trinajstić information content (AvgIpc) is 2.46. The molecule has 96 valence electrons. The molecule has 1 atom stereocenters. The standard InChI is InChI=1S/C14H17NO3/c1-18-13-6-2-5-12(8-13)14(17)15-7-3-4-11(9-15)10-16/h2,5-6,8,10-11H,3-4,7,9H2,1H3. The van der Waals surface area contributed by atoms with Crippen LogP contribution < -0.4 is 4.74 Å². The van der Waals surface area contributed by atoms with Gasteiger partial charge in [-0.3, -0.25) is 4.79 Å². The molecule has 1 amide bonds. The molecule has 4 nitrogen and oxygen atoms in total. The van der Waals surface area contributed by atoms with E-state index in [2.05, 4.69) is 0 Å². The maximum atomic E-state index is 12.3. The molecule has 1 unspecified atom stereocenters. The molecule has 0 radical (unpaired) electrons. The second-order valence-corrected chi connectivity index (χ2v) is 4.52. The Hall–Kier alpha value is -1.84. The largest absolute Gasteiger partial charge is 0.497 e. The van der Waals surface area contributed by atoms with E-state index in [9.17, 15) is 9.59 Å². The maximum absolute atomic E-state index is 12.3. The lowest BCUT2D eigenvalue weighted by atomic mass is 9.99. The Labute approximate surface area is 107 Å². The molecule has 4 heteroatoms. The van der Waals surface area contributed by atoms with Gasteiger partial charge < -0.3 is 14.4 Å². The molecule has 0 N–H and O–H groups in total. The highest BCUT2D eigenvalue weighted by Crippen LogP contribution is 2.19. The molecule has 1 fully saturated rings. The van der Waals surface area contributed by atoms with E-state index >= 15 is 0 Å². The number of ether oxygens (including phenoxy) is 1. The van der Waals surface area contributed by atoms with Gasteiger partial charge in [-0.1, -0.05) is 6.07 Å². The lowest BCUT2D eigenvalue weighted by molar-refractivity contribution is -0.112. The molecule has 0 saturated carbocycles. The van der Waals surface area contributed by atoms with E-state index in [1.165, 1.54) is 0 Å². The molecule has 0 aliphatic carbocycles. The van der Waals surface area contributed by atoms with Crippen molar-refractivity contribution < 1.29 is 14.3 Å². The molecule has 1 heterocycles. The van der Waals surface area contributed by atoms with Crippen LogP contribution in [0.15, 0.2) is 24.3 Å². The fourth-order valence-corrected chi connectivity index (χ4v) is 2.24. The highest BCUT2D eigenvalue weighted by atomic mass is 16.5. The fraction of sp³-hybridized carbons (Fsp3) is 0.429. The third-order valence-corrected chi connectivity index (χ3v) is 3.25. The molecule has 1 aromatic carbocycles. The van der Waals surface area contributed by atoms with Gasteiger partial charge in [-0.15, -0.1) is 0 Å². The minimum atomic E-state index is -0.0274. The van der Waals surface area contributed by atoms with E-state index in [-0.39, 0.29) is 11.8 Å². The minimum Gasteiger partial charge on any atom is -0.497 e. The first-order valence-corrected chi connectivity index (χ1v) is 6.13. The molecular formula is C14H17NO3. The zero-order valence-electron chi connectivity index (χ0n) is 10.5. The monoisotopic (exact) mass is 247 g/mol. The second kappa shape index (κ2) is 5.67. The predicted molar refractivity (Wildman–Crippen MR) is 67.7 cm³/mol. The number of nitrogens with zero attached hydrogens (tertiary/aromatic N) is 1. The third kappa shape index (κ3) is 2.70. The lowest BCUT2D eigenvalue weighted by Crippen LogP contribution is -2.40. The van der Waals surface area contributed by atoms with Crippen molar-refractivity contribution in [3.05, 3.63) is 29.8 Å². The van der Waals surface area contributed by atoms with Crippen molar-refractivity contribution in [3.63, 3.8) is 0 Å². The van der Waals surface area contributed by atoms with Crippen molar-refractivity contribution in [1.82, 2.24) is 4.90 Å². The maximum Gasteiger partial charge on any atom is 0.254 e. The van der Waals surface area contributed by atoms with Gasteiger partial charge in [0.05, 0.1) is 7.11 Å². The van der Waals surface area contributed by atoms with Gasteiger partial charge in [0.1, 0.15) is 12.0 Å². The van der Waals surface area contributed by atoms with Gasteiger partial charge in [0.2, 0.25) is 0 Å². The predicted octanol–water partition coefficient (Wildman–Crippen LogP) is 1.75. The van der Waals surface area contributed by atoms with Crippen LogP contribution in [0.5, 0.6) is 5.75 Å². The molecule has 1 saturated heterocycles. The van der Waals surface area contributed by atoms with E-state index in [4.69, 9.17) is 4.74 Å². The number of benzene rings is 1. The van der Waals surface area contributed by atoms with Crippen LogP contribution in [0.4, 0.5) is 0 Å². The van der Waals surface area contributed by atoms with Crippen molar-refractivity contribution in [2.24, 2.45) is 5.92 Å². The Morgan fingerprint density at radius 1 is 1.50 bits per heavy atom. The van der Waals surface area contributed by atoms with Gasteiger partial charge in [0, 0.05) is 24.6 Å². The zero-order chi connectivity index (χ0) is 13.0. The first-order chi connectivity index (χ1) is 8.74. The Morgan fingerprint density at radius 3 is 3.06 bits per heavy atom. The summed E-state index contributed by atoms with van der Waals surface area (Å²) in [6, 6.07) is 7.11. The Morgan fingerprint density at radius 2 is 2.33 bits per heavy atom. The smallest absolute Gasteiger partial charge is 0.254 e. The number of methoxy groups -OCH3 is 1. The van der Waals surface area contributed by atoms with Gasteiger partial charge in [0.15, 0.2) is 0 Å². The molecule has 1 aromatic rings. The van der Waals surface area contributed by atoms with E-state index in [1.807, 2.05) is 0 Å². The summed E-state index contributed by atoms with van der Waals surface area (Å²) in [6.07, 6.45) is 2.72. The van der Waals surface area contributed by atoms with Crippen molar-refractivity contribution in [2.45, 2.75) is 12.8 Å². The molecule has 0 spiro atoms. The van der Waals surface area contributed by atoms with Gasteiger partial charge in [0.25, 0.3) is 5.91 Å². The molecule has 18 heavy (non-hydrogen) atoms. The zero-order valence-corrected chi connectivity index (χ0v) is 10.5. The van der Waals surface area contributed by atoms with E-state index < -0.39 is 0 Å². The Balaban J connectivity index is 2.12. The summed E-state index contributed by atoms with van der Waals surface area (Å²) < 4.78 is 5.11. The minimum absolute atomic E-state index is 0.0201. The fourth-order valence-electron chi connectivity index (χ4n) is 2.24. The lowest BCUT2D eigenvalue weighted by Gasteiger charge is -2.30. The normalized spacial score (nSPS) is 19.4. The highest BCUT2D eigenvalue weighted by molar-refractivity contribution is 5.94. The summed E-state index contributed by atoms with van der Waals surface area (Å²) in [7, 11) is 1.58. The number of carbonyl (C=O) groups is 2. The van der Waals surface area contributed by atoms with Gasteiger partial charge in [-0.2, -0.15) is 0 Å². The van der Waals surface area contributed by atoms with E-state index in [0.29, 0.717) is 17.9 Å². The van der Waals surface area contributed by atoms with Crippen LogP contribution in [-0.2, 0) is 4.79 Å². The molecular weight excluding hydrogens is 230 g/mol. The first-order valence-electron chi connectivity index (χ1n) is 6.13. The van der Waals surface area contributed by atoms with Crippen LogP contribution in [0.2, 0.25) is 0 Å². The summed E-state index contributed by atoms with van der Waals surface area (Å²) in [5.74, 6) is 0.624. The summed E-state index contributed by atoms with van der Waals surface area (Å²) in [5.41, 5.74) is 0.612. The summed E-state index contributed by atoms with van der Waals surface area (Å²) in [4.78, 5) is 24.8. The highest BCUT2D eigenvalue weighted by Gasteiger charge is 2.24. The molecule has 1 aliphatic heterocycles. The first kappa shape index (κ1) is 12.6. The Bertz CT molecular complexity index is 444. The number of piperidine rings is 1. The molecule has 1 aliphatic rings. The second-order valence-electron chi connectivity index (χ2n) is 4.52. The van der Waals surface area contributed by atoms with E-state index in [0.717, 1.165) is 25.7 Å². The van der Waals surface area contributed by atoms with Gasteiger partial charge >= 0.3 is 0 Å². The number of likely N-dealkylation sites (tertiary alicyclic amines) is 1. The van der Waals surface area contributed by atoms with Crippen molar-refractivity contribution in [1.29, 1.82) is 0 Å². The quantitative estimate of drug-likeness (QED) is 0.764. The van der Waals surface area contributed by atoms with Crippen LogP contribution in [0, 0.1) is 5.92 Å². The van der Waals surface area contributed by atoms with Crippen molar-refractivity contribution in [3.8, 4) is 5.75 Å². The van der Waals surface area contributed by atoms with Gasteiger partial charge in [-0.25, -0.2) is 0 Å². The van der Waals surface area contributed by atoms with Crippen LogP contribution in [0.1, 0.15) is 23.2 Å². The number of amides is 1. The average molecular weight is 247 g/mol. The third-order valence-electron chi connectivity index (χ3n) is 3.25. The van der Waals surface area contributed by atoms with E-state index in [1.54, 1.807) is 36.3 Å². The summed E-state index contributed by atoms with van der Waals surface area (Å²) in [6.45, 7) is 1.25. The molecule has 0 bridgehead atoms. The van der Waals surface area contributed by atoms with Crippen LogP contribution in [0.25, 0.3) is 0 Å². The Kier molecular flexibility index (Phi) is 3.97. The molecule has 2 rings (SSSR count).